The zero-order chi connectivity index (χ0) is 21.3. The molecule has 1 fully saturated rings. The van der Waals surface area contributed by atoms with E-state index in [4.69, 9.17) is 0 Å². The SMILES string of the molecule is CCCNC(=O)CN1CCN(C(C(=O)Nc2ccc(C)cc2)c2ccccc2)CC1. The van der Waals surface area contributed by atoms with E-state index in [-0.39, 0.29) is 17.9 Å². The minimum atomic E-state index is -0.358. The maximum atomic E-state index is 13.2. The van der Waals surface area contributed by atoms with Crippen LogP contribution in [0.15, 0.2) is 54.6 Å². The average Bonchev–Trinajstić information content (AvgIpc) is 2.76. The number of anilines is 1. The molecule has 2 amide bonds. The Balaban J connectivity index is 1.66. The molecule has 1 heterocycles. The van der Waals surface area contributed by atoms with Gasteiger partial charge in [0.1, 0.15) is 6.04 Å². The Hall–Kier alpha value is -2.70. The molecule has 1 atom stereocenters. The summed E-state index contributed by atoms with van der Waals surface area (Å²) in [7, 11) is 0. The van der Waals surface area contributed by atoms with Gasteiger partial charge >= 0.3 is 0 Å². The van der Waals surface area contributed by atoms with Crippen LogP contribution in [0, 0.1) is 6.92 Å². The van der Waals surface area contributed by atoms with Crippen molar-refractivity contribution >= 4 is 17.5 Å². The summed E-state index contributed by atoms with van der Waals surface area (Å²) < 4.78 is 0. The number of nitrogens with one attached hydrogen (secondary N) is 2. The third-order valence-corrected chi connectivity index (χ3v) is 5.39. The highest BCUT2D eigenvalue weighted by Crippen LogP contribution is 2.24. The van der Waals surface area contributed by atoms with Crippen LogP contribution in [0.25, 0.3) is 0 Å². The minimum absolute atomic E-state index is 0.0285. The highest BCUT2D eigenvalue weighted by atomic mass is 16.2. The molecule has 6 nitrogen and oxygen atoms in total. The summed E-state index contributed by atoms with van der Waals surface area (Å²) in [6.07, 6.45) is 0.939. The number of carbonyl (C=O) groups is 2. The van der Waals surface area contributed by atoms with Crippen LogP contribution in [-0.4, -0.2) is 60.9 Å². The average molecular weight is 409 g/mol. The molecule has 0 spiro atoms. The van der Waals surface area contributed by atoms with E-state index in [1.165, 1.54) is 0 Å². The molecule has 0 bridgehead atoms. The fraction of sp³-hybridized carbons (Fsp3) is 0.417. The van der Waals surface area contributed by atoms with E-state index in [0.717, 1.165) is 49.4 Å². The van der Waals surface area contributed by atoms with Crippen molar-refractivity contribution in [1.29, 1.82) is 0 Å². The molecular weight excluding hydrogens is 376 g/mol. The molecule has 2 aromatic carbocycles. The smallest absolute Gasteiger partial charge is 0.246 e. The van der Waals surface area contributed by atoms with Gasteiger partial charge in [-0.1, -0.05) is 55.0 Å². The predicted octanol–water partition coefficient (Wildman–Crippen LogP) is 2.82. The third kappa shape index (κ3) is 6.15. The summed E-state index contributed by atoms with van der Waals surface area (Å²) >= 11 is 0. The lowest BCUT2D eigenvalue weighted by Crippen LogP contribution is -2.52. The van der Waals surface area contributed by atoms with Gasteiger partial charge < -0.3 is 10.6 Å². The van der Waals surface area contributed by atoms with Crippen molar-refractivity contribution in [3.05, 3.63) is 65.7 Å². The van der Waals surface area contributed by atoms with Gasteiger partial charge in [-0.2, -0.15) is 0 Å². The summed E-state index contributed by atoms with van der Waals surface area (Å²) in [5.74, 6) is 0.0428. The van der Waals surface area contributed by atoms with Gasteiger partial charge in [0, 0.05) is 38.4 Å². The van der Waals surface area contributed by atoms with Gasteiger partial charge in [0.25, 0.3) is 0 Å². The van der Waals surface area contributed by atoms with E-state index < -0.39 is 0 Å². The molecule has 2 N–H and O–H groups in total. The second kappa shape index (κ2) is 10.9. The Labute approximate surface area is 179 Å². The van der Waals surface area contributed by atoms with Crippen LogP contribution in [0.5, 0.6) is 0 Å². The zero-order valence-electron chi connectivity index (χ0n) is 17.9. The highest BCUT2D eigenvalue weighted by Gasteiger charge is 2.30. The molecule has 1 aliphatic rings. The van der Waals surface area contributed by atoms with E-state index in [0.29, 0.717) is 13.1 Å². The van der Waals surface area contributed by atoms with E-state index >= 15 is 0 Å². The van der Waals surface area contributed by atoms with Gasteiger partial charge in [-0.3, -0.25) is 19.4 Å². The second-order valence-corrected chi connectivity index (χ2v) is 7.83. The van der Waals surface area contributed by atoms with E-state index in [1.54, 1.807) is 0 Å². The fourth-order valence-electron chi connectivity index (χ4n) is 3.71. The fourth-order valence-corrected chi connectivity index (χ4v) is 3.71. The quantitative estimate of drug-likeness (QED) is 0.705. The number of hydrogen-bond acceptors (Lipinski definition) is 4. The number of piperazine rings is 1. The predicted molar refractivity (Wildman–Crippen MR) is 120 cm³/mol. The molecule has 6 heteroatoms. The molecule has 3 rings (SSSR count). The van der Waals surface area contributed by atoms with E-state index in [9.17, 15) is 9.59 Å². The molecule has 0 radical (unpaired) electrons. The number of nitrogens with zero attached hydrogens (tertiary/aromatic N) is 2. The summed E-state index contributed by atoms with van der Waals surface area (Å²) in [6, 6.07) is 17.4. The van der Waals surface area contributed by atoms with Crippen molar-refractivity contribution in [1.82, 2.24) is 15.1 Å². The summed E-state index contributed by atoms with van der Waals surface area (Å²) in [6.45, 7) is 8.21. The van der Waals surface area contributed by atoms with Gasteiger partial charge in [-0.15, -0.1) is 0 Å². The first kappa shape index (κ1) is 22.0. The second-order valence-electron chi connectivity index (χ2n) is 7.83. The Bertz CT molecular complexity index is 815. The Morgan fingerprint density at radius 2 is 1.63 bits per heavy atom. The normalized spacial score (nSPS) is 16.1. The van der Waals surface area contributed by atoms with Crippen molar-refractivity contribution in [2.24, 2.45) is 0 Å². The highest BCUT2D eigenvalue weighted by molar-refractivity contribution is 5.95. The lowest BCUT2D eigenvalue weighted by molar-refractivity contribution is -0.125. The van der Waals surface area contributed by atoms with Crippen LogP contribution in [0.2, 0.25) is 0 Å². The third-order valence-electron chi connectivity index (χ3n) is 5.39. The number of rotatable bonds is 8. The topological polar surface area (TPSA) is 64.7 Å². The minimum Gasteiger partial charge on any atom is -0.355 e. The van der Waals surface area contributed by atoms with Crippen molar-refractivity contribution in [2.75, 3.05) is 44.6 Å². The number of benzene rings is 2. The van der Waals surface area contributed by atoms with Crippen LogP contribution < -0.4 is 10.6 Å². The summed E-state index contributed by atoms with van der Waals surface area (Å²) in [5, 5.41) is 6.00. The van der Waals surface area contributed by atoms with E-state index in [2.05, 4.69) is 20.4 Å². The number of aryl methyl sites for hydroxylation is 1. The van der Waals surface area contributed by atoms with Gasteiger partial charge in [0.05, 0.1) is 6.54 Å². The first-order valence-electron chi connectivity index (χ1n) is 10.7. The molecule has 0 saturated carbocycles. The molecule has 1 unspecified atom stereocenters. The monoisotopic (exact) mass is 408 g/mol. The first-order chi connectivity index (χ1) is 14.6. The molecule has 0 aromatic heterocycles. The lowest BCUT2D eigenvalue weighted by Gasteiger charge is -2.38. The van der Waals surface area contributed by atoms with Crippen LogP contribution in [0.1, 0.15) is 30.5 Å². The van der Waals surface area contributed by atoms with Crippen LogP contribution in [-0.2, 0) is 9.59 Å². The van der Waals surface area contributed by atoms with Crippen LogP contribution in [0.3, 0.4) is 0 Å². The van der Waals surface area contributed by atoms with Crippen LogP contribution in [0.4, 0.5) is 5.69 Å². The number of hydrogen-bond donors (Lipinski definition) is 2. The molecule has 0 aliphatic carbocycles. The standard InChI is InChI=1S/C24H32N4O2/c1-3-13-25-22(29)18-27-14-16-28(17-15-27)23(20-7-5-4-6-8-20)24(30)26-21-11-9-19(2)10-12-21/h4-12,23H,3,13-18H2,1-2H3,(H,25,29)(H,26,30). The zero-order valence-corrected chi connectivity index (χ0v) is 17.9. The number of carbonyl (C=O) groups excluding carboxylic acids is 2. The van der Waals surface area contributed by atoms with Gasteiger partial charge in [0.2, 0.25) is 11.8 Å². The van der Waals surface area contributed by atoms with Crippen molar-refractivity contribution < 1.29 is 9.59 Å². The maximum Gasteiger partial charge on any atom is 0.246 e. The Morgan fingerprint density at radius 1 is 0.967 bits per heavy atom. The molecule has 30 heavy (non-hydrogen) atoms. The lowest BCUT2D eigenvalue weighted by atomic mass is 10.0. The van der Waals surface area contributed by atoms with E-state index in [1.807, 2.05) is 68.4 Å². The largest absolute Gasteiger partial charge is 0.355 e. The molecule has 160 valence electrons. The Kier molecular flexibility index (Phi) is 7.99. The maximum absolute atomic E-state index is 13.2. The summed E-state index contributed by atoms with van der Waals surface area (Å²) in [5.41, 5.74) is 2.95. The van der Waals surface area contributed by atoms with Gasteiger partial charge in [-0.05, 0) is 31.0 Å². The van der Waals surface area contributed by atoms with Gasteiger partial charge in [-0.25, -0.2) is 0 Å². The van der Waals surface area contributed by atoms with Crippen LogP contribution >= 0.6 is 0 Å². The molecule has 2 aromatic rings. The van der Waals surface area contributed by atoms with Crippen molar-refractivity contribution in [3.8, 4) is 0 Å². The van der Waals surface area contributed by atoms with Crippen molar-refractivity contribution in [3.63, 3.8) is 0 Å². The molecule has 1 aliphatic heterocycles. The van der Waals surface area contributed by atoms with Gasteiger partial charge in [0.15, 0.2) is 0 Å². The van der Waals surface area contributed by atoms with Crippen molar-refractivity contribution in [2.45, 2.75) is 26.3 Å². The first-order valence-corrected chi connectivity index (χ1v) is 10.7. The Morgan fingerprint density at radius 3 is 2.27 bits per heavy atom. The summed E-state index contributed by atoms with van der Waals surface area (Å²) in [4.78, 5) is 29.6. The number of amides is 2. The molecule has 1 saturated heterocycles. The molecular formula is C24H32N4O2.